The SMILES string of the molecule is COc1ccc(F)c(OC2C[C@@H]3CN(CC(C)c4ccc(O)cn4)C[C@@H]3C2)c1. The number of rotatable bonds is 6. The number of nitrogens with zero attached hydrogens (tertiary/aromatic N) is 2. The highest BCUT2D eigenvalue weighted by atomic mass is 19.1. The van der Waals surface area contributed by atoms with Gasteiger partial charge in [0, 0.05) is 37.3 Å². The van der Waals surface area contributed by atoms with E-state index < -0.39 is 0 Å². The van der Waals surface area contributed by atoms with Gasteiger partial charge in [-0.25, -0.2) is 4.39 Å². The van der Waals surface area contributed by atoms with Gasteiger partial charge in [0.2, 0.25) is 0 Å². The van der Waals surface area contributed by atoms with Gasteiger partial charge in [0.1, 0.15) is 11.5 Å². The first-order chi connectivity index (χ1) is 13.5. The van der Waals surface area contributed by atoms with Crippen molar-refractivity contribution < 1.29 is 19.0 Å². The average Bonchev–Trinajstić information content (AvgIpc) is 3.21. The summed E-state index contributed by atoms with van der Waals surface area (Å²) in [5.41, 5.74) is 1.00. The van der Waals surface area contributed by atoms with Gasteiger partial charge in [-0.15, -0.1) is 0 Å². The van der Waals surface area contributed by atoms with Gasteiger partial charge in [-0.2, -0.15) is 0 Å². The van der Waals surface area contributed by atoms with Crippen LogP contribution in [-0.4, -0.2) is 47.8 Å². The van der Waals surface area contributed by atoms with Gasteiger partial charge in [0.05, 0.1) is 19.4 Å². The Kier molecular flexibility index (Phi) is 5.40. The number of halogens is 1. The number of methoxy groups -OCH3 is 1. The van der Waals surface area contributed by atoms with Crippen LogP contribution < -0.4 is 9.47 Å². The van der Waals surface area contributed by atoms with Crippen molar-refractivity contribution in [1.29, 1.82) is 0 Å². The fraction of sp³-hybridized carbons (Fsp3) is 0.500. The zero-order valence-electron chi connectivity index (χ0n) is 16.3. The Balaban J connectivity index is 1.30. The number of ether oxygens (including phenoxy) is 2. The van der Waals surface area contributed by atoms with Crippen molar-refractivity contribution in [2.75, 3.05) is 26.7 Å². The van der Waals surface area contributed by atoms with E-state index in [-0.39, 0.29) is 23.4 Å². The van der Waals surface area contributed by atoms with Crippen molar-refractivity contribution in [3.05, 3.63) is 48.0 Å². The maximum Gasteiger partial charge on any atom is 0.165 e. The van der Waals surface area contributed by atoms with E-state index in [4.69, 9.17) is 9.47 Å². The number of aromatic nitrogens is 1. The first-order valence-electron chi connectivity index (χ1n) is 9.89. The molecule has 2 aromatic rings. The van der Waals surface area contributed by atoms with Crippen LogP contribution in [0.3, 0.4) is 0 Å². The predicted molar refractivity (Wildman–Crippen MR) is 104 cm³/mol. The third kappa shape index (κ3) is 4.07. The molecule has 6 heteroatoms. The van der Waals surface area contributed by atoms with Crippen LogP contribution in [0.1, 0.15) is 31.4 Å². The fourth-order valence-corrected chi connectivity index (χ4v) is 4.64. The summed E-state index contributed by atoms with van der Waals surface area (Å²) in [6.45, 7) is 5.23. The maximum atomic E-state index is 14.0. The molecular weight excluding hydrogens is 359 g/mol. The highest BCUT2D eigenvalue weighted by Crippen LogP contribution is 2.41. The minimum atomic E-state index is -0.338. The molecule has 1 aromatic carbocycles. The molecule has 28 heavy (non-hydrogen) atoms. The summed E-state index contributed by atoms with van der Waals surface area (Å²) >= 11 is 0. The molecule has 0 bridgehead atoms. The number of likely N-dealkylation sites (tertiary alicyclic amines) is 1. The lowest BCUT2D eigenvalue weighted by molar-refractivity contribution is 0.176. The number of benzene rings is 1. The lowest BCUT2D eigenvalue weighted by Gasteiger charge is -2.23. The summed E-state index contributed by atoms with van der Waals surface area (Å²) in [5.74, 6) is 2.26. The molecule has 2 heterocycles. The highest BCUT2D eigenvalue weighted by Gasteiger charge is 2.42. The Bertz CT molecular complexity index is 800. The Morgan fingerprint density at radius 2 is 1.96 bits per heavy atom. The van der Waals surface area contributed by atoms with Gasteiger partial charge >= 0.3 is 0 Å². The molecule has 1 saturated carbocycles. The molecule has 1 aromatic heterocycles. The molecule has 1 saturated heterocycles. The molecule has 5 nitrogen and oxygen atoms in total. The van der Waals surface area contributed by atoms with Crippen molar-refractivity contribution in [3.63, 3.8) is 0 Å². The monoisotopic (exact) mass is 386 g/mol. The number of hydrogen-bond acceptors (Lipinski definition) is 5. The third-order valence-electron chi connectivity index (χ3n) is 6.02. The van der Waals surface area contributed by atoms with Crippen molar-refractivity contribution >= 4 is 0 Å². The largest absolute Gasteiger partial charge is 0.506 e. The topological polar surface area (TPSA) is 54.8 Å². The highest BCUT2D eigenvalue weighted by molar-refractivity contribution is 5.34. The first kappa shape index (κ1) is 19.0. The van der Waals surface area contributed by atoms with Gasteiger partial charge in [0.25, 0.3) is 0 Å². The molecular formula is C22H27FN2O3. The molecule has 4 rings (SSSR count). The van der Waals surface area contributed by atoms with Crippen LogP contribution in [0, 0.1) is 17.7 Å². The third-order valence-corrected chi connectivity index (χ3v) is 6.02. The van der Waals surface area contributed by atoms with Gasteiger partial charge in [-0.05, 0) is 48.9 Å². The number of hydrogen-bond donors (Lipinski definition) is 1. The minimum absolute atomic E-state index is 0.0648. The summed E-state index contributed by atoms with van der Waals surface area (Å²) in [6, 6.07) is 8.21. The standard InChI is InChI=1S/C22H27FN2O3/c1-14(21-6-3-17(26)10-24-21)11-25-12-15-7-19(8-16(15)13-25)28-22-9-18(27-2)4-5-20(22)23/h3-6,9-10,14-16,19,26H,7-8,11-13H2,1-2H3/t14?,15-,16+,19?. The predicted octanol–water partition coefficient (Wildman–Crippen LogP) is 3.83. The minimum Gasteiger partial charge on any atom is -0.506 e. The van der Waals surface area contributed by atoms with E-state index in [0.717, 1.165) is 38.2 Å². The van der Waals surface area contributed by atoms with Crippen LogP contribution in [0.5, 0.6) is 17.2 Å². The van der Waals surface area contributed by atoms with Crippen molar-refractivity contribution in [2.24, 2.45) is 11.8 Å². The molecule has 1 aliphatic carbocycles. The number of fused-ring (bicyclic) bond motifs is 1. The molecule has 2 aliphatic rings. The molecule has 1 aliphatic heterocycles. The number of aromatic hydroxyl groups is 1. The van der Waals surface area contributed by atoms with Gasteiger partial charge in [-0.3, -0.25) is 4.98 Å². The molecule has 2 unspecified atom stereocenters. The van der Waals surface area contributed by atoms with E-state index in [9.17, 15) is 9.50 Å². The molecule has 0 amide bonds. The second-order valence-electron chi connectivity index (χ2n) is 8.09. The number of pyridine rings is 1. The average molecular weight is 386 g/mol. The molecule has 4 atom stereocenters. The van der Waals surface area contributed by atoms with Gasteiger partial charge < -0.3 is 19.5 Å². The van der Waals surface area contributed by atoms with E-state index in [0.29, 0.717) is 23.5 Å². The Morgan fingerprint density at radius 3 is 2.61 bits per heavy atom. The van der Waals surface area contributed by atoms with Crippen LogP contribution in [0.2, 0.25) is 0 Å². The summed E-state index contributed by atoms with van der Waals surface area (Å²) < 4.78 is 25.2. The van der Waals surface area contributed by atoms with E-state index in [2.05, 4.69) is 16.8 Å². The van der Waals surface area contributed by atoms with E-state index >= 15 is 0 Å². The summed E-state index contributed by atoms with van der Waals surface area (Å²) in [6.07, 6.45) is 3.49. The summed E-state index contributed by atoms with van der Waals surface area (Å²) in [4.78, 5) is 6.83. The summed E-state index contributed by atoms with van der Waals surface area (Å²) in [5, 5.41) is 9.39. The van der Waals surface area contributed by atoms with Crippen LogP contribution in [0.25, 0.3) is 0 Å². The molecule has 0 spiro atoms. The molecule has 150 valence electrons. The van der Waals surface area contributed by atoms with Crippen molar-refractivity contribution in [1.82, 2.24) is 9.88 Å². The van der Waals surface area contributed by atoms with E-state index in [1.54, 1.807) is 25.3 Å². The van der Waals surface area contributed by atoms with Gasteiger partial charge in [-0.1, -0.05) is 6.92 Å². The van der Waals surface area contributed by atoms with Crippen LogP contribution in [0.15, 0.2) is 36.5 Å². The van der Waals surface area contributed by atoms with Gasteiger partial charge in [0.15, 0.2) is 11.6 Å². The second-order valence-corrected chi connectivity index (χ2v) is 8.09. The Morgan fingerprint density at radius 1 is 1.21 bits per heavy atom. The molecule has 0 radical (unpaired) electrons. The molecule has 1 N–H and O–H groups in total. The Labute approximate surface area is 165 Å². The smallest absolute Gasteiger partial charge is 0.165 e. The zero-order valence-corrected chi connectivity index (χ0v) is 16.3. The maximum absolute atomic E-state index is 14.0. The van der Waals surface area contributed by atoms with E-state index in [1.165, 1.54) is 12.3 Å². The fourth-order valence-electron chi connectivity index (χ4n) is 4.64. The lowest BCUT2D eigenvalue weighted by Crippen LogP contribution is -2.28. The zero-order chi connectivity index (χ0) is 19.7. The first-order valence-corrected chi connectivity index (χ1v) is 9.89. The van der Waals surface area contributed by atoms with E-state index in [1.807, 2.05) is 6.07 Å². The lowest BCUT2D eigenvalue weighted by atomic mass is 10.0. The normalized spacial score (nSPS) is 25.5. The molecule has 2 fully saturated rings. The Hall–Kier alpha value is -2.34. The van der Waals surface area contributed by atoms with Crippen LogP contribution >= 0.6 is 0 Å². The second kappa shape index (κ2) is 7.95. The summed E-state index contributed by atoms with van der Waals surface area (Å²) in [7, 11) is 1.57. The van der Waals surface area contributed by atoms with Crippen molar-refractivity contribution in [2.45, 2.75) is 31.8 Å². The van der Waals surface area contributed by atoms with Crippen LogP contribution in [-0.2, 0) is 0 Å². The van der Waals surface area contributed by atoms with Crippen LogP contribution in [0.4, 0.5) is 4.39 Å². The van der Waals surface area contributed by atoms with Crippen molar-refractivity contribution in [3.8, 4) is 17.2 Å². The quantitative estimate of drug-likeness (QED) is 0.818.